The van der Waals surface area contributed by atoms with Crippen LogP contribution >= 0.6 is 11.6 Å². The lowest BCUT2D eigenvalue weighted by Crippen LogP contribution is -2.31. The van der Waals surface area contributed by atoms with Gasteiger partial charge in [0.2, 0.25) is 0 Å². The number of ether oxygens (including phenoxy) is 1. The van der Waals surface area contributed by atoms with E-state index in [4.69, 9.17) is 20.8 Å². The molecule has 0 aliphatic carbocycles. The Morgan fingerprint density at radius 1 is 1.24 bits per heavy atom. The Labute approximate surface area is 152 Å². The van der Waals surface area contributed by atoms with Crippen LogP contribution in [-0.2, 0) is 9.53 Å². The molecule has 134 valence electrons. The lowest BCUT2D eigenvalue weighted by molar-refractivity contribution is -0.147. The van der Waals surface area contributed by atoms with E-state index in [9.17, 15) is 9.59 Å². The van der Waals surface area contributed by atoms with Crippen LogP contribution in [0.1, 0.15) is 53.8 Å². The fraction of sp³-hybridized carbons (Fsp3) is 0.368. The fourth-order valence-electron chi connectivity index (χ4n) is 2.57. The smallest absolute Gasteiger partial charge is 0.308 e. The molecule has 0 bridgehead atoms. The number of halogens is 1. The van der Waals surface area contributed by atoms with Crippen molar-refractivity contribution in [2.45, 2.75) is 46.3 Å². The molecule has 0 radical (unpaired) electrons. The van der Waals surface area contributed by atoms with Crippen LogP contribution < -0.4 is 5.32 Å². The monoisotopic (exact) mass is 363 g/mol. The molecule has 0 fully saturated rings. The molecule has 1 aromatic heterocycles. The van der Waals surface area contributed by atoms with Crippen molar-refractivity contribution in [3.63, 3.8) is 0 Å². The van der Waals surface area contributed by atoms with Crippen LogP contribution in [0.15, 0.2) is 34.7 Å². The number of rotatable bonds is 6. The van der Waals surface area contributed by atoms with Crippen molar-refractivity contribution in [1.82, 2.24) is 5.32 Å². The highest BCUT2D eigenvalue weighted by atomic mass is 35.5. The standard InChI is InChI=1S/C19H22ClNO4/c1-11(2)24-18(22)10-17(14-7-5-6-8-16(14)20)21-19(23)15-9-12(3)25-13(15)4/h5-9,11,17H,10H2,1-4H3,(H,21,23). The summed E-state index contributed by atoms with van der Waals surface area (Å²) in [7, 11) is 0. The number of amides is 1. The van der Waals surface area contributed by atoms with Gasteiger partial charge in [-0.15, -0.1) is 0 Å². The second-order valence-electron chi connectivity index (χ2n) is 6.12. The maximum Gasteiger partial charge on any atom is 0.308 e. The molecule has 25 heavy (non-hydrogen) atoms. The summed E-state index contributed by atoms with van der Waals surface area (Å²) >= 11 is 6.25. The summed E-state index contributed by atoms with van der Waals surface area (Å²) in [5.41, 5.74) is 1.10. The number of furan rings is 1. The van der Waals surface area contributed by atoms with E-state index >= 15 is 0 Å². The Hall–Kier alpha value is -2.27. The number of carbonyl (C=O) groups excluding carboxylic acids is 2. The molecule has 1 aromatic carbocycles. The van der Waals surface area contributed by atoms with E-state index < -0.39 is 12.0 Å². The Morgan fingerprint density at radius 2 is 1.92 bits per heavy atom. The summed E-state index contributed by atoms with van der Waals surface area (Å²) in [4.78, 5) is 24.7. The van der Waals surface area contributed by atoms with Crippen molar-refractivity contribution in [3.05, 3.63) is 58.0 Å². The van der Waals surface area contributed by atoms with E-state index in [0.717, 1.165) is 0 Å². The Morgan fingerprint density at radius 3 is 2.48 bits per heavy atom. The molecule has 0 spiro atoms. The SMILES string of the molecule is Cc1cc(C(=O)NC(CC(=O)OC(C)C)c2ccccc2Cl)c(C)o1. The van der Waals surface area contributed by atoms with E-state index in [2.05, 4.69) is 5.32 Å². The molecule has 1 unspecified atom stereocenters. The van der Waals surface area contributed by atoms with Gasteiger partial charge in [-0.1, -0.05) is 29.8 Å². The van der Waals surface area contributed by atoms with Crippen molar-refractivity contribution >= 4 is 23.5 Å². The molecule has 2 rings (SSSR count). The van der Waals surface area contributed by atoms with E-state index in [-0.39, 0.29) is 18.4 Å². The highest BCUT2D eigenvalue weighted by Crippen LogP contribution is 2.26. The van der Waals surface area contributed by atoms with Crippen molar-refractivity contribution in [3.8, 4) is 0 Å². The number of nitrogens with one attached hydrogen (secondary N) is 1. The minimum absolute atomic E-state index is 0.0104. The number of esters is 1. The number of benzene rings is 1. The van der Waals surface area contributed by atoms with Crippen molar-refractivity contribution in [2.24, 2.45) is 0 Å². The number of aryl methyl sites for hydroxylation is 2. The zero-order valence-corrected chi connectivity index (χ0v) is 15.5. The van der Waals surface area contributed by atoms with Gasteiger partial charge in [0.25, 0.3) is 5.91 Å². The molecule has 0 saturated carbocycles. The Kier molecular flexibility index (Phi) is 6.26. The molecule has 1 amide bonds. The highest BCUT2D eigenvalue weighted by Gasteiger charge is 2.24. The third-order valence-electron chi connectivity index (χ3n) is 3.61. The van der Waals surface area contributed by atoms with Gasteiger partial charge in [0.05, 0.1) is 24.1 Å². The second-order valence-corrected chi connectivity index (χ2v) is 6.52. The van der Waals surface area contributed by atoms with Gasteiger partial charge in [0.15, 0.2) is 0 Å². The van der Waals surface area contributed by atoms with E-state index in [1.807, 2.05) is 0 Å². The summed E-state index contributed by atoms with van der Waals surface area (Å²) < 4.78 is 10.6. The van der Waals surface area contributed by atoms with E-state index in [1.54, 1.807) is 58.0 Å². The van der Waals surface area contributed by atoms with Gasteiger partial charge in [-0.25, -0.2) is 0 Å². The van der Waals surface area contributed by atoms with Crippen LogP contribution in [0.2, 0.25) is 5.02 Å². The second kappa shape index (κ2) is 8.21. The van der Waals surface area contributed by atoms with Crippen molar-refractivity contribution in [1.29, 1.82) is 0 Å². The molecule has 1 atom stereocenters. The van der Waals surface area contributed by atoms with Crippen LogP contribution in [0.5, 0.6) is 0 Å². The Bertz CT molecular complexity index is 767. The average molecular weight is 364 g/mol. The van der Waals surface area contributed by atoms with Gasteiger partial charge in [-0.05, 0) is 45.4 Å². The average Bonchev–Trinajstić information content (AvgIpc) is 2.85. The van der Waals surface area contributed by atoms with Crippen LogP contribution in [0.25, 0.3) is 0 Å². The van der Waals surface area contributed by atoms with Gasteiger partial charge < -0.3 is 14.5 Å². The minimum atomic E-state index is -0.595. The summed E-state index contributed by atoms with van der Waals surface area (Å²) in [5.74, 6) is 0.450. The third kappa shape index (κ3) is 5.10. The highest BCUT2D eigenvalue weighted by molar-refractivity contribution is 6.31. The van der Waals surface area contributed by atoms with Gasteiger partial charge in [0.1, 0.15) is 11.5 Å². The topological polar surface area (TPSA) is 68.5 Å². The van der Waals surface area contributed by atoms with Gasteiger partial charge in [-0.3, -0.25) is 9.59 Å². The number of carbonyl (C=O) groups is 2. The predicted octanol–water partition coefficient (Wildman–Crippen LogP) is 4.36. The van der Waals surface area contributed by atoms with E-state index in [0.29, 0.717) is 27.7 Å². The molecule has 0 aliphatic heterocycles. The molecule has 6 heteroatoms. The molecule has 2 aromatic rings. The number of hydrogen-bond acceptors (Lipinski definition) is 4. The molecule has 0 saturated heterocycles. The molecular weight excluding hydrogens is 342 g/mol. The minimum Gasteiger partial charge on any atom is -0.466 e. The van der Waals surface area contributed by atoms with Crippen LogP contribution in [0.4, 0.5) is 0 Å². The van der Waals surface area contributed by atoms with Crippen LogP contribution in [0.3, 0.4) is 0 Å². The molecular formula is C19H22ClNO4. The van der Waals surface area contributed by atoms with E-state index in [1.165, 1.54) is 0 Å². The van der Waals surface area contributed by atoms with Gasteiger partial charge >= 0.3 is 5.97 Å². The maximum absolute atomic E-state index is 12.6. The molecule has 0 aliphatic rings. The van der Waals surface area contributed by atoms with Crippen LogP contribution in [0, 0.1) is 13.8 Å². The quantitative estimate of drug-likeness (QED) is 0.774. The molecule has 5 nitrogen and oxygen atoms in total. The normalized spacial score (nSPS) is 12.1. The van der Waals surface area contributed by atoms with Gasteiger partial charge in [0, 0.05) is 5.02 Å². The predicted molar refractivity (Wildman–Crippen MR) is 95.7 cm³/mol. The lowest BCUT2D eigenvalue weighted by Gasteiger charge is -2.20. The number of hydrogen-bond donors (Lipinski definition) is 1. The fourth-order valence-corrected chi connectivity index (χ4v) is 2.83. The first-order valence-corrected chi connectivity index (χ1v) is 8.47. The first-order valence-electron chi connectivity index (χ1n) is 8.09. The summed E-state index contributed by atoms with van der Waals surface area (Å²) in [6, 6.07) is 8.17. The zero-order chi connectivity index (χ0) is 18.6. The third-order valence-corrected chi connectivity index (χ3v) is 3.95. The lowest BCUT2D eigenvalue weighted by atomic mass is 10.0. The first-order chi connectivity index (χ1) is 11.8. The summed E-state index contributed by atoms with van der Waals surface area (Å²) in [6.45, 7) is 7.05. The van der Waals surface area contributed by atoms with Crippen molar-refractivity contribution in [2.75, 3.05) is 0 Å². The zero-order valence-electron chi connectivity index (χ0n) is 14.8. The molecule has 1 N–H and O–H groups in total. The van der Waals surface area contributed by atoms with Crippen molar-refractivity contribution < 1.29 is 18.7 Å². The summed E-state index contributed by atoms with van der Waals surface area (Å²) in [6.07, 6.45) is -0.238. The molecule has 1 heterocycles. The maximum atomic E-state index is 12.6. The Balaban J connectivity index is 2.25. The van der Waals surface area contributed by atoms with Gasteiger partial charge in [-0.2, -0.15) is 0 Å². The summed E-state index contributed by atoms with van der Waals surface area (Å²) in [5, 5.41) is 3.34. The van der Waals surface area contributed by atoms with Crippen LogP contribution in [-0.4, -0.2) is 18.0 Å². The largest absolute Gasteiger partial charge is 0.466 e. The first kappa shape index (κ1) is 19.1.